The lowest BCUT2D eigenvalue weighted by atomic mass is 10.0. The molecule has 1 aromatic heterocycles. The van der Waals surface area contributed by atoms with Crippen molar-refractivity contribution in [2.45, 2.75) is 23.4 Å². The molecule has 2 aliphatic heterocycles. The summed E-state index contributed by atoms with van der Waals surface area (Å²) in [5.74, 6) is 1.79. The predicted octanol–water partition coefficient (Wildman–Crippen LogP) is 4.98. The average molecular weight is 530 g/mol. The second-order valence-corrected chi connectivity index (χ2v) is 9.85. The molecule has 0 N–H and O–H groups in total. The number of hydrogen-bond acceptors (Lipinski definition) is 10. The van der Waals surface area contributed by atoms with Crippen molar-refractivity contribution < 1.29 is 14.6 Å². The smallest absolute Gasteiger partial charge is 0.301 e. The van der Waals surface area contributed by atoms with Crippen molar-refractivity contribution in [3.8, 4) is 17.1 Å². The van der Waals surface area contributed by atoms with Crippen LogP contribution < -0.4 is 9.75 Å². The number of fused-ring (bicyclic) bond motifs is 3. The molecule has 0 spiro atoms. The molecule has 13 heteroatoms. The van der Waals surface area contributed by atoms with Gasteiger partial charge in [0.1, 0.15) is 16.7 Å². The van der Waals surface area contributed by atoms with Gasteiger partial charge in [-0.2, -0.15) is 9.78 Å². The molecule has 2 aliphatic rings. The van der Waals surface area contributed by atoms with Gasteiger partial charge in [-0.05, 0) is 36.8 Å². The first-order valence-electron chi connectivity index (χ1n) is 11.5. The SMILES string of the molecule is COc1ccc(C2C3Sc4nc(-c5cccc(C)c5)nn4C3=NN2c2ccc([N+](=O)[O-])cc2[N+](=O)[O-])cc1. The molecule has 0 saturated heterocycles. The van der Waals surface area contributed by atoms with Gasteiger partial charge in [0.2, 0.25) is 0 Å². The molecule has 0 saturated carbocycles. The number of nitro groups is 2. The van der Waals surface area contributed by atoms with E-state index in [0.29, 0.717) is 22.6 Å². The maximum absolute atomic E-state index is 12.0. The number of hydrogen-bond donors (Lipinski definition) is 0. The van der Waals surface area contributed by atoms with Gasteiger partial charge in [-0.25, -0.2) is 9.99 Å². The summed E-state index contributed by atoms with van der Waals surface area (Å²) < 4.78 is 6.96. The number of hydrazone groups is 1. The standard InChI is InChI=1S/C25H19N7O5S/c1-14-4-3-5-16(12-14)23-26-25-30(27-23)24-22(38-25)21(15-6-9-18(37-2)10-7-15)29(28-24)19-11-8-17(31(33)34)13-20(19)32(35)36/h3-13,21-22H,1-2H3. The van der Waals surface area contributed by atoms with E-state index in [2.05, 4.69) is 0 Å². The van der Waals surface area contributed by atoms with E-state index in [9.17, 15) is 20.2 Å². The zero-order chi connectivity index (χ0) is 26.6. The Morgan fingerprint density at radius 2 is 1.79 bits per heavy atom. The van der Waals surface area contributed by atoms with Gasteiger partial charge in [0.25, 0.3) is 5.69 Å². The van der Waals surface area contributed by atoms with Crippen LogP contribution in [0.15, 0.2) is 77.0 Å². The van der Waals surface area contributed by atoms with Crippen LogP contribution in [0.2, 0.25) is 0 Å². The molecule has 0 bridgehead atoms. The highest BCUT2D eigenvalue weighted by molar-refractivity contribution is 8.01. The minimum Gasteiger partial charge on any atom is -0.497 e. The molecule has 190 valence electrons. The van der Waals surface area contributed by atoms with Crippen molar-refractivity contribution in [3.05, 3.63) is 98.1 Å². The van der Waals surface area contributed by atoms with E-state index in [1.165, 1.54) is 23.9 Å². The predicted molar refractivity (Wildman–Crippen MR) is 141 cm³/mol. The largest absolute Gasteiger partial charge is 0.497 e. The number of nitro benzene ring substituents is 2. The van der Waals surface area contributed by atoms with Gasteiger partial charge in [-0.3, -0.25) is 20.2 Å². The van der Waals surface area contributed by atoms with E-state index >= 15 is 0 Å². The van der Waals surface area contributed by atoms with E-state index in [1.807, 2.05) is 55.5 Å². The van der Waals surface area contributed by atoms with Crippen LogP contribution in [0.1, 0.15) is 17.2 Å². The number of nitrogens with zero attached hydrogens (tertiary/aromatic N) is 7. The van der Waals surface area contributed by atoms with Crippen molar-refractivity contribution >= 4 is 34.7 Å². The number of thioether (sulfide) groups is 1. The van der Waals surface area contributed by atoms with Gasteiger partial charge < -0.3 is 4.74 Å². The number of aryl methyl sites for hydroxylation is 1. The zero-order valence-electron chi connectivity index (χ0n) is 20.1. The normalized spacial score (nSPS) is 17.6. The number of anilines is 1. The Balaban J connectivity index is 1.48. The lowest BCUT2D eigenvalue weighted by Crippen LogP contribution is -2.27. The molecular formula is C25H19N7O5S. The summed E-state index contributed by atoms with van der Waals surface area (Å²) in [6.45, 7) is 1.99. The van der Waals surface area contributed by atoms with Crippen LogP contribution in [0.25, 0.3) is 11.4 Å². The first-order chi connectivity index (χ1) is 18.3. The Morgan fingerprint density at radius 1 is 1.00 bits per heavy atom. The van der Waals surface area contributed by atoms with E-state index in [0.717, 1.165) is 22.8 Å². The molecule has 3 heterocycles. The maximum Gasteiger partial charge on any atom is 0.301 e. The average Bonchev–Trinajstić information content (AvgIpc) is 3.58. The number of non-ortho nitro benzene ring substituents is 1. The molecule has 0 aliphatic carbocycles. The van der Waals surface area contributed by atoms with Crippen LogP contribution in [0.4, 0.5) is 17.1 Å². The molecule has 0 amide bonds. The first kappa shape index (κ1) is 23.6. The fourth-order valence-corrected chi connectivity index (χ4v) is 5.86. The van der Waals surface area contributed by atoms with Crippen LogP contribution in [0.5, 0.6) is 5.75 Å². The van der Waals surface area contributed by atoms with E-state index in [4.69, 9.17) is 19.9 Å². The highest BCUT2D eigenvalue weighted by Gasteiger charge is 2.48. The number of ether oxygens (including phenoxy) is 1. The second-order valence-electron chi connectivity index (χ2n) is 8.75. The monoisotopic (exact) mass is 529 g/mol. The van der Waals surface area contributed by atoms with Crippen molar-refractivity contribution in [3.63, 3.8) is 0 Å². The van der Waals surface area contributed by atoms with Crippen molar-refractivity contribution in [1.29, 1.82) is 0 Å². The molecule has 2 unspecified atom stereocenters. The molecule has 6 rings (SSSR count). The summed E-state index contributed by atoms with van der Waals surface area (Å²) >= 11 is 1.47. The molecule has 0 fully saturated rings. The molecule has 2 atom stereocenters. The Kier molecular flexibility index (Phi) is 5.56. The van der Waals surface area contributed by atoms with Gasteiger partial charge in [0, 0.05) is 11.6 Å². The van der Waals surface area contributed by atoms with Crippen LogP contribution in [0.3, 0.4) is 0 Å². The highest BCUT2D eigenvalue weighted by Crippen LogP contribution is 2.49. The third-order valence-corrected chi connectivity index (χ3v) is 7.59. The third-order valence-electron chi connectivity index (χ3n) is 6.39. The topological polar surface area (TPSA) is 142 Å². The Labute approximate surface area is 219 Å². The Morgan fingerprint density at radius 3 is 2.47 bits per heavy atom. The quantitative estimate of drug-likeness (QED) is 0.250. The van der Waals surface area contributed by atoms with Gasteiger partial charge >= 0.3 is 5.69 Å². The number of benzene rings is 3. The first-order valence-corrected chi connectivity index (χ1v) is 12.4. The minimum absolute atomic E-state index is 0.143. The van der Waals surface area contributed by atoms with Gasteiger partial charge in [0.05, 0.1) is 29.1 Å². The molecule has 3 aromatic carbocycles. The number of rotatable bonds is 6. The highest BCUT2D eigenvalue weighted by atomic mass is 32.2. The van der Waals surface area contributed by atoms with Gasteiger partial charge in [-0.1, -0.05) is 47.7 Å². The molecule has 4 aromatic rings. The molecular weight excluding hydrogens is 510 g/mol. The third kappa shape index (κ3) is 3.84. The van der Waals surface area contributed by atoms with Crippen LogP contribution in [0, 0.1) is 27.2 Å². The fourth-order valence-electron chi connectivity index (χ4n) is 4.61. The second kappa shape index (κ2) is 8.95. The number of aromatic nitrogens is 3. The van der Waals surface area contributed by atoms with Crippen molar-refractivity contribution in [1.82, 2.24) is 14.8 Å². The van der Waals surface area contributed by atoms with Crippen molar-refractivity contribution in [2.24, 2.45) is 5.10 Å². The van der Waals surface area contributed by atoms with Crippen LogP contribution >= 0.6 is 11.8 Å². The maximum atomic E-state index is 12.0. The van der Waals surface area contributed by atoms with Crippen LogP contribution in [-0.4, -0.2) is 42.8 Å². The zero-order valence-corrected chi connectivity index (χ0v) is 20.9. The summed E-state index contributed by atoms with van der Waals surface area (Å²) in [5, 5.41) is 34.7. The minimum atomic E-state index is -0.660. The molecule has 0 radical (unpaired) electrons. The van der Waals surface area contributed by atoms with Crippen LogP contribution in [-0.2, 0) is 0 Å². The summed E-state index contributed by atoms with van der Waals surface area (Å²) in [6.07, 6.45) is 0. The summed E-state index contributed by atoms with van der Waals surface area (Å²) in [5.41, 5.74) is 2.15. The van der Waals surface area contributed by atoms with Crippen molar-refractivity contribution in [2.75, 3.05) is 12.1 Å². The lowest BCUT2D eigenvalue weighted by Gasteiger charge is -2.26. The Bertz CT molecular complexity index is 1640. The molecule has 38 heavy (non-hydrogen) atoms. The summed E-state index contributed by atoms with van der Waals surface area (Å²) in [7, 11) is 1.57. The van der Waals surface area contributed by atoms with E-state index in [-0.39, 0.29) is 16.6 Å². The summed E-state index contributed by atoms with van der Waals surface area (Å²) in [6, 6.07) is 18.3. The van der Waals surface area contributed by atoms with E-state index < -0.39 is 21.6 Å². The van der Waals surface area contributed by atoms with E-state index in [1.54, 1.807) is 16.8 Å². The van der Waals surface area contributed by atoms with Gasteiger partial charge in [0.15, 0.2) is 16.8 Å². The number of methoxy groups -OCH3 is 1. The van der Waals surface area contributed by atoms with Gasteiger partial charge in [-0.15, -0.1) is 5.10 Å². The summed E-state index contributed by atoms with van der Waals surface area (Å²) in [4.78, 5) is 26.7. The molecule has 12 nitrogen and oxygen atoms in total. The lowest BCUT2D eigenvalue weighted by molar-refractivity contribution is -0.393. The fraction of sp³-hybridized carbons (Fsp3) is 0.160. The Hall–Kier alpha value is -4.78.